The molecule has 0 saturated carbocycles. The zero-order valence-electron chi connectivity index (χ0n) is 15.2. The number of carbonyl (C=O) groups excluding carboxylic acids is 2. The molecule has 1 aliphatic heterocycles. The lowest BCUT2D eigenvalue weighted by Crippen LogP contribution is -2.39. The lowest BCUT2D eigenvalue weighted by molar-refractivity contribution is -0.142. The highest BCUT2D eigenvalue weighted by atomic mass is 35.5. The van der Waals surface area contributed by atoms with Crippen molar-refractivity contribution in [2.45, 2.75) is 32.7 Å². The first kappa shape index (κ1) is 20.2. The molecule has 0 radical (unpaired) electrons. The van der Waals surface area contributed by atoms with Crippen LogP contribution in [0.5, 0.6) is 0 Å². The van der Waals surface area contributed by atoms with Crippen molar-refractivity contribution in [2.75, 3.05) is 13.6 Å². The highest BCUT2D eigenvalue weighted by Crippen LogP contribution is 2.37. The average molecular weight is 381 g/mol. The van der Waals surface area contributed by atoms with Crippen molar-refractivity contribution in [2.24, 2.45) is 17.8 Å². The first-order valence-corrected chi connectivity index (χ1v) is 9.10. The van der Waals surface area contributed by atoms with Gasteiger partial charge in [0.05, 0.1) is 17.9 Å². The standard InChI is InChI=1S/C19H25ClN2O4/c1-11(2)7-13(19(25)26)10-21-18(24)15-9-16(23)22(3)17(15)12-5-4-6-14(20)8-12/h4-6,8,11,13,15,17H,7,9-10H2,1-3H3,(H,21,24)(H,25,26). The van der Waals surface area contributed by atoms with Gasteiger partial charge in [0.15, 0.2) is 0 Å². The highest BCUT2D eigenvalue weighted by molar-refractivity contribution is 6.30. The minimum absolute atomic E-state index is 0.0585. The summed E-state index contributed by atoms with van der Waals surface area (Å²) in [6.45, 7) is 3.94. The van der Waals surface area contributed by atoms with Crippen LogP contribution in [0, 0.1) is 17.8 Å². The first-order valence-electron chi connectivity index (χ1n) is 8.72. The molecule has 2 N–H and O–H groups in total. The van der Waals surface area contributed by atoms with Gasteiger partial charge >= 0.3 is 5.97 Å². The number of hydrogen-bond donors (Lipinski definition) is 2. The largest absolute Gasteiger partial charge is 0.481 e. The van der Waals surface area contributed by atoms with Crippen molar-refractivity contribution in [3.63, 3.8) is 0 Å². The fraction of sp³-hybridized carbons (Fsp3) is 0.526. The van der Waals surface area contributed by atoms with Crippen LogP contribution in [0.2, 0.25) is 5.02 Å². The van der Waals surface area contributed by atoms with Crippen molar-refractivity contribution in [1.82, 2.24) is 10.2 Å². The van der Waals surface area contributed by atoms with E-state index in [1.807, 2.05) is 19.9 Å². The summed E-state index contributed by atoms with van der Waals surface area (Å²) in [6.07, 6.45) is 0.582. The number of nitrogens with one attached hydrogen (secondary N) is 1. The Hall–Kier alpha value is -2.08. The number of carboxylic acid groups (broad SMARTS) is 1. The van der Waals surface area contributed by atoms with Gasteiger partial charge in [-0.15, -0.1) is 0 Å². The first-order chi connectivity index (χ1) is 12.2. The van der Waals surface area contributed by atoms with E-state index in [1.165, 1.54) is 0 Å². The smallest absolute Gasteiger partial charge is 0.308 e. The predicted octanol–water partition coefficient (Wildman–Crippen LogP) is 2.72. The minimum atomic E-state index is -0.926. The second-order valence-electron chi connectivity index (χ2n) is 7.22. The maximum Gasteiger partial charge on any atom is 0.308 e. The normalized spacial score (nSPS) is 21.1. The van der Waals surface area contributed by atoms with E-state index in [2.05, 4.69) is 5.32 Å². The molecule has 142 valence electrons. The van der Waals surface area contributed by atoms with E-state index in [9.17, 15) is 19.5 Å². The maximum absolute atomic E-state index is 12.7. The number of hydrogen-bond acceptors (Lipinski definition) is 3. The van der Waals surface area contributed by atoms with Crippen LogP contribution >= 0.6 is 11.6 Å². The highest BCUT2D eigenvalue weighted by Gasteiger charge is 2.42. The van der Waals surface area contributed by atoms with Crippen LogP contribution in [0.4, 0.5) is 0 Å². The quantitative estimate of drug-likeness (QED) is 0.761. The van der Waals surface area contributed by atoms with Crippen molar-refractivity contribution in [3.8, 4) is 0 Å². The lowest BCUT2D eigenvalue weighted by Gasteiger charge is -2.25. The molecule has 0 bridgehead atoms. The lowest BCUT2D eigenvalue weighted by atomic mass is 9.92. The SMILES string of the molecule is CC(C)CC(CNC(=O)C1CC(=O)N(C)C1c1cccc(Cl)c1)C(=O)O. The predicted molar refractivity (Wildman–Crippen MR) is 98.7 cm³/mol. The number of carboxylic acids is 1. The number of amides is 2. The number of halogens is 1. The summed E-state index contributed by atoms with van der Waals surface area (Å²) in [7, 11) is 1.67. The van der Waals surface area contributed by atoms with Crippen LogP contribution < -0.4 is 5.32 Å². The molecule has 1 saturated heterocycles. The molecule has 3 unspecified atom stereocenters. The summed E-state index contributed by atoms with van der Waals surface area (Å²) >= 11 is 6.05. The number of benzene rings is 1. The van der Waals surface area contributed by atoms with Gasteiger partial charge in [0.25, 0.3) is 0 Å². The Bertz CT molecular complexity index is 692. The number of carbonyl (C=O) groups is 3. The van der Waals surface area contributed by atoms with Crippen LogP contribution in [0.15, 0.2) is 24.3 Å². The summed E-state index contributed by atoms with van der Waals surface area (Å²) in [6, 6.07) is 6.70. The van der Waals surface area contributed by atoms with Gasteiger partial charge in [-0.05, 0) is 30.0 Å². The molecule has 0 spiro atoms. The summed E-state index contributed by atoms with van der Waals surface area (Å²) in [4.78, 5) is 37.8. The van der Waals surface area contributed by atoms with Crippen LogP contribution in [0.1, 0.15) is 38.3 Å². The molecule has 0 aromatic heterocycles. The zero-order chi connectivity index (χ0) is 19.4. The monoisotopic (exact) mass is 380 g/mol. The molecule has 1 fully saturated rings. The fourth-order valence-corrected chi connectivity index (χ4v) is 3.65. The summed E-state index contributed by atoms with van der Waals surface area (Å²) in [5.74, 6) is -2.34. The van der Waals surface area contributed by atoms with E-state index in [4.69, 9.17) is 11.6 Å². The van der Waals surface area contributed by atoms with Crippen molar-refractivity contribution in [3.05, 3.63) is 34.9 Å². The second-order valence-corrected chi connectivity index (χ2v) is 7.66. The third-order valence-electron chi connectivity index (χ3n) is 4.74. The molecule has 1 aromatic carbocycles. The van der Waals surface area contributed by atoms with Crippen molar-refractivity contribution < 1.29 is 19.5 Å². The Morgan fingerprint density at radius 1 is 1.38 bits per heavy atom. The van der Waals surface area contributed by atoms with Gasteiger partial charge in [0, 0.05) is 25.0 Å². The van der Waals surface area contributed by atoms with E-state index in [0.29, 0.717) is 11.4 Å². The van der Waals surface area contributed by atoms with Gasteiger partial charge < -0.3 is 15.3 Å². The molecule has 1 aliphatic rings. The Morgan fingerprint density at radius 3 is 2.65 bits per heavy atom. The van der Waals surface area contributed by atoms with Crippen LogP contribution in [-0.2, 0) is 14.4 Å². The number of likely N-dealkylation sites (tertiary alicyclic amines) is 1. The summed E-state index contributed by atoms with van der Waals surface area (Å²) < 4.78 is 0. The Kier molecular flexibility index (Phi) is 6.64. The van der Waals surface area contributed by atoms with E-state index in [0.717, 1.165) is 5.56 Å². The van der Waals surface area contributed by atoms with Gasteiger partial charge in [-0.2, -0.15) is 0 Å². The minimum Gasteiger partial charge on any atom is -0.481 e. The third kappa shape index (κ3) is 4.75. The van der Waals surface area contributed by atoms with E-state index < -0.39 is 23.8 Å². The Labute approximate surface area is 158 Å². The number of nitrogens with zero attached hydrogens (tertiary/aromatic N) is 1. The molecule has 0 aliphatic carbocycles. The summed E-state index contributed by atoms with van der Waals surface area (Å²) in [5.41, 5.74) is 0.794. The molecule has 2 amide bonds. The molecule has 1 heterocycles. The Morgan fingerprint density at radius 2 is 2.08 bits per heavy atom. The average Bonchev–Trinajstić information content (AvgIpc) is 2.86. The maximum atomic E-state index is 12.7. The molecule has 26 heavy (non-hydrogen) atoms. The van der Waals surface area contributed by atoms with Gasteiger partial charge in [0.1, 0.15) is 0 Å². The second kappa shape index (κ2) is 8.54. The van der Waals surface area contributed by atoms with Gasteiger partial charge in [-0.3, -0.25) is 14.4 Å². The topological polar surface area (TPSA) is 86.7 Å². The molecule has 2 rings (SSSR count). The van der Waals surface area contributed by atoms with Crippen LogP contribution in [-0.4, -0.2) is 41.4 Å². The summed E-state index contributed by atoms with van der Waals surface area (Å²) in [5, 5.41) is 12.6. The molecule has 6 nitrogen and oxygen atoms in total. The van der Waals surface area contributed by atoms with E-state index >= 15 is 0 Å². The zero-order valence-corrected chi connectivity index (χ0v) is 16.0. The van der Waals surface area contributed by atoms with Crippen molar-refractivity contribution >= 4 is 29.4 Å². The molecular formula is C19H25ClN2O4. The molecule has 3 atom stereocenters. The van der Waals surface area contributed by atoms with Gasteiger partial charge in [-0.1, -0.05) is 37.6 Å². The van der Waals surface area contributed by atoms with Crippen LogP contribution in [0.3, 0.4) is 0 Å². The van der Waals surface area contributed by atoms with Gasteiger partial charge in [0.2, 0.25) is 11.8 Å². The van der Waals surface area contributed by atoms with E-state index in [1.54, 1.807) is 30.1 Å². The molecular weight excluding hydrogens is 356 g/mol. The van der Waals surface area contributed by atoms with Gasteiger partial charge in [-0.25, -0.2) is 0 Å². The third-order valence-corrected chi connectivity index (χ3v) is 4.98. The Balaban J connectivity index is 2.13. The number of aliphatic carboxylic acids is 1. The molecule has 7 heteroatoms. The van der Waals surface area contributed by atoms with E-state index in [-0.39, 0.29) is 30.7 Å². The fourth-order valence-electron chi connectivity index (χ4n) is 3.45. The molecule has 1 aromatic rings. The van der Waals surface area contributed by atoms with Crippen LogP contribution in [0.25, 0.3) is 0 Å². The van der Waals surface area contributed by atoms with Crippen molar-refractivity contribution in [1.29, 1.82) is 0 Å². The number of rotatable bonds is 7.